The first-order chi connectivity index (χ1) is 6.63. The number of aliphatic hydroxyl groups is 3. The predicted octanol–water partition coefficient (Wildman–Crippen LogP) is -0.790. The second-order valence-electron chi connectivity index (χ2n) is 2.86. The van der Waals surface area contributed by atoms with E-state index in [9.17, 15) is 4.79 Å². The topological polar surface area (TPSA) is 87.0 Å². The summed E-state index contributed by atoms with van der Waals surface area (Å²) in [5.41, 5.74) is 0. The number of aliphatic hydroxyl groups excluding tert-OH is 3. The zero-order valence-electron chi connectivity index (χ0n) is 7.93. The normalized spacial score (nSPS) is 14.5. The summed E-state index contributed by atoms with van der Waals surface area (Å²) in [6.07, 6.45) is 0.0860. The van der Waals surface area contributed by atoms with Crippen LogP contribution in [-0.4, -0.2) is 46.7 Å². The van der Waals surface area contributed by atoms with Crippen molar-refractivity contribution in [3.63, 3.8) is 0 Å². The lowest BCUT2D eigenvalue weighted by Gasteiger charge is -2.15. The molecule has 0 aromatic carbocycles. The summed E-state index contributed by atoms with van der Waals surface area (Å²) in [6, 6.07) is 0. The molecular weight excluding hydrogens is 188 g/mol. The molecule has 0 saturated carbocycles. The van der Waals surface area contributed by atoms with E-state index in [0.29, 0.717) is 6.42 Å². The third-order valence-corrected chi connectivity index (χ3v) is 1.69. The largest absolute Gasteiger partial charge is 0.457 e. The molecule has 0 amide bonds. The molecule has 0 bridgehead atoms. The van der Waals surface area contributed by atoms with E-state index < -0.39 is 18.2 Å². The summed E-state index contributed by atoms with van der Waals surface area (Å²) in [4.78, 5) is 10.7. The molecule has 0 aliphatic carbocycles. The highest BCUT2D eigenvalue weighted by Crippen LogP contribution is 2.05. The van der Waals surface area contributed by atoms with E-state index in [2.05, 4.69) is 6.58 Å². The van der Waals surface area contributed by atoms with Crippen molar-refractivity contribution in [2.75, 3.05) is 13.2 Å². The van der Waals surface area contributed by atoms with Crippen LogP contribution in [0.5, 0.6) is 0 Å². The Morgan fingerprint density at radius 2 is 2.00 bits per heavy atom. The fraction of sp³-hybridized carbons (Fsp3) is 0.667. The molecule has 0 saturated heterocycles. The summed E-state index contributed by atoms with van der Waals surface area (Å²) in [7, 11) is 0. The van der Waals surface area contributed by atoms with Crippen molar-refractivity contribution in [3.05, 3.63) is 12.7 Å². The smallest absolute Gasteiger partial charge is 0.330 e. The number of esters is 1. The van der Waals surface area contributed by atoms with Crippen LogP contribution in [0.2, 0.25) is 0 Å². The summed E-state index contributed by atoms with van der Waals surface area (Å²) in [5, 5.41) is 26.3. The van der Waals surface area contributed by atoms with Gasteiger partial charge >= 0.3 is 5.97 Å². The minimum Gasteiger partial charge on any atom is -0.457 e. The molecule has 0 rings (SSSR count). The first-order valence-electron chi connectivity index (χ1n) is 4.36. The van der Waals surface area contributed by atoms with Crippen LogP contribution in [0.15, 0.2) is 12.7 Å². The highest BCUT2D eigenvalue weighted by atomic mass is 16.5. The molecule has 3 N–H and O–H groups in total. The van der Waals surface area contributed by atoms with Crippen LogP contribution in [0, 0.1) is 0 Å². The summed E-state index contributed by atoms with van der Waals surface area (Å²) < 4.78 is 4.74. The molecule has 2 atom stereocenters. The first kappa shape index (κ1) is 13.1. The fourth-order valence-corrected chi connectivity index (χ4v) is 0.869. The van der Waals surface area contributed by atoms with Crippen molar-refractivity contribution < 1.29 is 24.9 Å². The first-order valence-corrected chi connectivity index (χ1v) is 4.36. The number of ether oxygens (including phenoxy) is 1. The third-order valence-electron chi connectivity index (χ3n) is 1.69. The maximum absolute atomic E-state index is 10.7. The Labute approximate surface area is 82.6 Å². The highest BCUT2D eigenvalue weighted by Gasteiger charge is 2.13. The summed E-state index contributed by atoms with van der Waals surface area (Å²) in [6.45, 7) is 2.57. The van der Waals surface area contributed by atoms with Crippen LogP contribution in [0.25, 0.3) is 0 Å². The van der Waals surface area contributed by atoms with Gasteiger partial charge in [0.05, 0.1) is 19.3 Å². The van der Waals surface area contributed by atoms with Crippen LogP contribution in [-0.2, 0) is 9.53 Å². The van der Waals surface area contributed by atoms with Crippen molar-refractivity contribution in [1.82, 2.24) is 0 Å². The lowest BCUT2D eigenvalue weighted by molar-refractivity contribution is -0.145. The molecule has 0 aliphatic heterocycles. The zero-order chi connectivity index (χ0) is 11.0. The molecule has 0 aliphatic rings. The lowest BCUT2D eigenvalue weighted by atomic mass is 10.1. The molecule has 14 heavy (non-hydrogen) atoms. The number of carbonyl (C=O) groups excluding carboxylic acids is 1. The van der Waals surface area contributed by atoms with Gasteiger partial charge in [-0.2, -0.15) is 0 Å². The Balaban J connectivity index is 3.79. The van der Waals surface area contributed by atoms with Crippen LogP contribution in [0.3, 0.4) is 0 Å². The highest BCUT2D eigenvalue weighted by molar-refractivity contribution is 5.81. The summed E-state index contributed by atoms with van der Waals surface area (Å²) >= 11 is 0. The van der Waals surface area contributed by atoms with E-state index in [1.54, 1.807) is 0 Å². The van der Waals surface area contributed by atoms with Crippen molar-refractivity contribution in [2.24, 2.45) is 0 Å². The van der Waals surface area contributed by atoms with Crippen LogP contribution >= 0.6 is 0 Å². The van der Waals surface area contributed by atoms with Gasteiger partial charge in [0, 0.05) is 6.08 Å². The second-order valence-corrected chi connectivity index (χ2v) is 2.86. The zero-order valence-corrected chi connectivity index (χ0v) is 7.93. The van der Waals surface area contributed by atoms with Gasteiger partial charge in [0.25, 0.3) is 0 Å². The molecule has 2 unspecified atom stereocenters. The van der Waals surface area contributed by atoms with Gasteiger partial charge in [-0.3, -0.25) is 0 Å². The Bertz CT molecular complexity index is 180. The molecule has 5 heteroatoms. The van der Waals surface area contributed by atoms with E-state index >= 15 is 0 Å². The van der Waals surface area contributed by atoms with E-state index in [1.807, 2.05) is 0 Å². The molecule has 0 fully saturated rings. The number of hydrogen-bond donors (Lipinski definition) is 3. The second kappa shape index (κ2) is 7.49. The SMILES string of the molecule is C=CC(=O)OC(CO)CCC(O)CO. The molecule has 0 aromatic heterocycles. The molecule has 0 spiro atoms. The van der Waals surface area contributed by atoms with Gasteiger partial charge in [-0.1, -0.05) is 6.58 Å². The van der Waals surface area contributed by atoms with E-state index in [4.69, 9.17) is 20.1 Å². The minimum atomic E-state index is -0.841. The Morgan fingerprint density at radius 3 is 2.43 bits per heavy atom. The van der Waals surface area contributed by atoms with E-state index in [0.717, 1.165) is 6.08 Å². The van der Waals surface area contributed by atoms with Gasteiger partial charge in [0.2, 0.25) is 0 Å². The lowest BCUT2D eigenvalue weighted by Crippen LogP contribution is -2.23. The quantitative estimate of drug-likeness (QED) is 0.373. The van der Waals surface area contributed by atoms with Gasteiger partial charge in [-0.05, 0) is 12.8 Å². The third kappa shape index (κ3) is 5.69. The van der Waals surface area contributed by atoms with Crippen molar-refractivity contribution >= 4 is 5.97 Å². The van der Waals surface area contributed by atoms with Crippen molar-refractivity contribution in [1.29, 1.82) is 0 Å². The van der Waals surface area contributed by atoms with Crippen LogP contribution in [0.4, 0.5) is 0 Å². The van der Waals surface area contributed by atoms with Crippen LogP contribution in [0.1, 0.15) is 12.8 Å². The number of rotatable bonds is 7. The van der Waals surface area contributed by atoms with E-state index in [-0.39, 0.29) is 19.6 Å². The van der Waals surface area contributed by atoms with Crippen molar-refractivity contribution in [3.8, 4) is 0 Å². The number of carbonyl (C=O) groups is 1. The maximum atomic E-state index is 10.7. The van der Waals surface area contributed by atoms with Gasteiger partial charge in [-0.15, -0.1) is 0 Å². The van der Waals surface area contributed by atoms with E-state index in [1.165, 1.54) is 0 Å². The molecule has 0 aromatic rings. The molecular formula is C9H16O5. The average molecular weight is 204 g/mol. The monoisotopic (exact) mass is 204 g/mol. The Kier molecular flexibility index (Phi) is 7.00. The molecule has 0 heterocycles. The van der Waals surface area contributed by atoms with Gasteiger partial charge in [0.15, 0.2) is 0 Å². The molecule has 82 valence electrons. The predicted molar refractivity (Wildman–Crippen MR) is 49.5 cm³/mol. The van der Waals surface area contributed by atoms with Crippen LogP contribution < -0.4 is 0 Å². The molecule has 5 nitrogen and oxygen atoms in total. The maximum Gasteiger partial charge on any atom is 0.330 e. The Morgan fingerprint density at radius 1 is 1.36 bits per heavy atom. The van der Waals surface area contributed by atoms with Crippen molar-refractivity contribution in [2.45, 2.75) is 25.0 Å². The Hall–Kier alpha value is -0.910. The minimum absolute atomic E-state index is 0.270. The standard InChI is InChI=1S/C9H16O5/c1-2-9(13)14-8(6-11)4-3-7(12)5-10/h2,7-8,10-12H,1,3-6H2. The van der Waals surface area contributed by atoms with Gasteiger partial charge in [0.1, 0.15) is 6.10 Å². The van der Waals surface area contributed by atoms with Gasteiger partial charge < -0.3 is 20.1 Å². The average Bonchev–Trinajstić information content (AvgIpc) is 2.22. The summed E-state index contributed by atoms with van der Waals surface area (Å²) in [5.74, 6) is -0.609. The fourth-order valence-electron chi connectivity index (χ4n) is 0.869. The number of hydrogen-bond acceptors (Lipinski definition) is 5. The van der Waals surface area contributed by atoms with Gasteiger partial charge in [-0.25, -0.2) is 4.79 Å². The molecule has 0 radical (unpaired) electrons.